The minimum absolute atomic E-state index is 0.0347. The van der Waals surface area contributed by atoms with Gasteiger partial charge < -0.3 is 10.5 Å². The molecule has 2 N–H and O–H groups in total. The highest BCUT2D eigenvalue weighted by Crippen LogP contribution is 2.35. The summed E-state index contributed by atoms with van der Waals surface area (Å²) in [6.07, 6.45) is -4.61. The first-order valence-corrected chi connectivity index (χ1v) is 6.75. The topological polar surface area (TPSA) is 35.2 Å². The van der Waals surface area contributed by atoms with E-state index in [1.807, 2.05) is 27.7 Å². The van der Waals surface area contributed by atoms with Crippen molar-refractivity contribution >= 4 is 0 Å². The molecule has 0 radical (unpaired) electrons. The normalized spacial score (nSPS) is 15.7. The SMILES string of the molecule is CCC(N)C(Oc1ccc(F)c(C(F)(F)F)c1)C(C)(C)C. The van der Waals surface area contributed by atoms with Crippen LogP contribution in [0.2, 0.25) is 0 Å². The summed E-state index contributed by atoms with van der Waals surface area (Å²) in [5.74, 6) is -1.35. The molecule has 1 aromatic rings. The fourth-order valence-electron chi connectivity index (χ4n) is 2.06. The first-order chi connectivity index (χ1) is 9.46. The molecule has 0 fully saturated rings. The van der Waals surface area contributed by atoms with Gasteiger partial charge in [0, 0.05) is 11.5 Å². The lowest BCUT2D eigenvalue weighted by Gasteiger charge is -2.35. The zero-order valence-electron chi connectivity index (χ0n) is 12.6. The summed E-state index contributed by atoms with van der Waals surface area (Å²) >= 11 is 0. The summed E-state index contributed by atoms with van der Waals surface area (Å²) in [7, 11) is 0. The van der Waals surface area contributed by atoms with Gasteiger partial charge in [0.05, 0.1) is 5.56 Å². The number of hydrogen-bond acceptors (Lipinski definition) is 2. The third-order valence-corrected chi connectivity index (χ3v) is 3.22. The van der Waals surface area contributed by atoms with Crippen molar-refractivity contribution in [3.8, 4) is 5.75 Å². The van der Waals surface area contributed by atoms with Gasteiger partial charge in [-0.25, -0.2) is 4.39 Å². The third-order valence-electron chi connectivity index (χ3n) is 3.22. The molecule has 0 aliphatic carbocycles. The van der Waals surface area contributed by atoms with E-state index in [-0.39, 0.29) is 17.2 Å². The highest BCUT2D eigenvalue weighted by atomic mass is 19.4. The number of rotatable bonds is 4. The van der Waals surface area contributed by atoms with Crippen molar-refractivity contribution in [1.29, 1.82) is 0 Å². The Morgan fingerprint density at radius 1 is 1.19 bits per heavy atom. The van der Waals surface area contributed by atoms with Crippen molar-refractivity contribution in [3.63, 3.8) is 0 Å². The lowest BCUT2D eigenvalue weighted by Crippen LogP contribution is -2.47. The second kappa shape index (κ2) is 6.22. The molecule has 2 unspecified atom stereocenters. The molecule has 0 bridgehead atoms. The van der Waals surface area contributed by atoms with Gasteiger partial charge in [0.25, 0.3) is 0 Å². The number of halogens is 4. The molecule has 0 heterocycles. The number of hydrogen-bond donors (Lipinski definition) is 1. The Morgan fingerprint density at radius 2 is 1.76 bits per heavy atom. The van der Waals surface area contributed by atoms with Gasteiger partial charge in [-0.15, -0.1) is 0 Å². The molecule has 6 heteroatoms. The highest BCUT2D eigenvalue weighted by Gasteiger charge is 2.36. The van der Waals surface area contributed by atoms with E-state index in [1.165, 1.54) is 6.07 Å². The van der Waals surface area contributed by atoms with Crippen LogP contribution in [0, 0.1) is 11.2 Å². The van der Waals surface area contributed by atoms with E-state index in [0.717, 1.165) is 6.07 Å². The quantitative estimate of drug-likeness (QED) is 0.838. The Bertz CT molecular complexity index is 480. The zero-order valence-corrected chi connectivity index (χ0v) is 12.6. The van der Waals surface area contributed by atoms with Crippen LogP contribution in [0.25, 0.3) is 0 Å². The Hall–Kier alpha value is -1.30. The Morgan fingerprint density at radius 3 is 2.19 bits per heavy atom. The smallest absolute Gasteiger partial charge is 0.419 e. The van der Waals surface area contributed by atoms with Gasteiger partial charge in [0.15, 0.2) is 0 Å². The molecule has 120 valence electrons. The van der Waals surface area contributed by atoms with Crippen LogP contribution in [0.3, 0.4) is 0 Å². The zero-order chi connectivity index (χ0) is 16.4. The van der Waals surface area contributed by atoms with Crippen LogP contribution < -0.4 is 10.5 Å². The summed E-state index contributed by atoms with van der Waals surface area (Å²) in [6.45, 7) is 7.54. The fraction of sp³-hybridized carbons (Fsp3) is 0.600. The molecule has 0 aliphatic heterocycles. The molecule has 1 rings (SSSR count). The van der Waals surface area contributed by atoms with E-state index >= 15 is 0 Å². The molecule has 0 amide bonds. The summed E-state index contributed by atoms with van der Waals surface area (Å²) in [4.78, 5) is 0. The van der Waals surface area contributed by atoms with Crippen LogP contribution in [0.15, 0.2) is 18.2 Å². The van der Waals surface area contributed by atoms with Crippen molar-refractivity contribution in [2.24, 2.45) is 11.1 Å². The number of nitrogens with two attached hydrogens (primary N) is 1. The van der Waals surface area contributed by atoms with Gasteiger partial charge in [-0.05, 0) is 24.6 Å². The van der Waals surface area contributed by atoms with Crippen LogP contribution in [0.1, 0.15) is 39.7 Å². The molecule has 0 spiro atoms. The molecular formula is C15H21F4NO. The van der Waals surface area contributed by atoms with Gasteiger partial charge >= 0.3 is 6.18 Å². The summed E-state index contributed by atoms with van der Waals surface area (Å²) in [5.41, 5.74) is 4.29. The van der Waals surface area contributed by atoms with Gasteiger partial charge in [-0.1, -0.05) is 27.7 Å². The van der Waals surface area contributed by atoms with Crippen molar-refractivity contribution < 1.29 is 22.3 Å². The molecular weight excluding hydrogens is 286 g/mol. The maximum absolute atomic E-state index is 13.3. The van der Waals surface area contributed by atoms with Crippen LogP contribution in [0.4, 0.5) is 17.6 Å². The Labute approximate surface area is 122 Å². The van der Waals surface area contributed by atoms with E-state index in [4.69, 9.17) is 10.5 Å². The molecule has 2 atom stereocenters. The first-order valence-electron chi connectivity index (χ1n) is 6.75. The second-order valence-corrected chi connectivity index (χ2v) is 6.12. The lowest BCUT2D eigenvalue weighted by atomic mass is 9.84. The second-order valence-electron chi connectivity index (χ2n) is 6.12. The minimum atomic E-state index is -4.76. The number of alkyl halides is 3. The predicted molar refractivity (Wildman–Crippen MR) is 73.5 cm³/mol. The Balaban J connectivity index is 3.11. The van der Waals surface area contributed by atoms with Crippen molar-refractivity contribution in [2.45, 2.75) is 52.4 Å². The summed E-state index contributed by atoms with van der Waals surface area (Å²) < 4.78 is 57.0. The highest BCUT2D eigenvalue weighted by molar-refractivity contribution is 5.32. The van der Waals surface area contributed by atoms with Gasteiger partial charge in [0.1, 0.15) is 17.7 Å². The van der Waals surface area contributed by atoms with E-state index in [9.17, 15) is 17.6 Å². The molecule has 2 nitrogen and oxygen atoms in total. The molecule has 0 saturated carbocycles. The average molecular weight is 307 g/mol. The van der Waals surface area contributed by atoms with E-state index < -0.39 is 23.7 Å². The van der Waals surface area contributed by atoms with Gasteiger partial charge in [-0.2, -0.15) is 13.2 Å². The first kappa shape index (κ1) is 17.8. The molecule has 0 aliphatic rings. The molecule has 0 aromatic heterocycles. The standard InChI is InChI=1S/C15H21F4NO/c1-5-12(20)13(14(2,3)4)21-9-6-7-11(16)10(8-9)15(17,18)19/h6-8,12-13H,5,20H2,1-4H3. The minimum Gasteiger partial charge on any atom is -0.488 e. The largest absolute Gasteiger partial charge is 0.488 e. The van der Waals surface area contributed by atoms with E-state index in [2.05, 4.69) is 0 Å². The van der Waals surface area contributed by atoms with Gasteiger partial charge in [-0.3, -0.25) is 0 Å². The van der Waals surface area contributed by atoms with Crippen LogP contribution in [-0.2, 0) is 6.18 Å². The monoisotopic (exact) mass is 307 g/mol. The van der Waals surface area contributed by atoms with Crippen molar-refractivity contribution in [3.05, 3.63) is 29.6 Å². The number of benzene rings is 1. The maximum atomic E-state index is 13.3. The van der Waals surface area contributed by atoms with Gasteiger partial charge in [0.2, 0.25) is 0 Å². The lowest BCUT2D eigenvalue weighted by molar-refractivity contribution is -0.140. The molecule has 0 saturated heterocycles. The molecule has 1 aromatic carbocycles. The van der Waals surface area contributed by atoms with Crippen molar-refractivity contribution in [1.82, 2.24) is 0 Å². The van der Waals surface area contributed by atoms with E-state index in [0.29, 0.717) is 12.5 Å². The van der Waals surface area contributed by atoms with Crippen LogP contribution in [-0.4, -0.2) is 12.1 Å². The number of ether oxygens (including phenoxy) is 1. The summed E-state index contributed by atoms with van der Waals surface area (Å²) in [5, 5.41) is 0. The predicted octanol–water partition coefficient (Wildman–Crippen LogP) is 4.38. The summed E-state index contributed by atoms with van der Waals surface area (Å²) in [6, 6.07) is 2.29. The maximum Gasteiger partial charge on any atom is 0.419 e. The van der Waals surface area contributed by atoms with E-state index in [1.54, 1.807) is 0 Å². The third kappa shape index (κ3) is 4.59. The van der Waals surface area contributed by atoms with Crippen LogP contribution in [0.5, 0.6) is 5.75 Å². The Kier molecular flexibility index (Phi) is 5.25. The fourth-order valence-corrected chi connectivity index (χ4v) is 2.06. The van der Waals surface area contributed by atoms with Crippen LogP contribution >= 0.6 is 0 Å². The average Bonchev–Trinajstić information content (AvgIpc) is 2.34. The molecule has 21 heavy (non-hydrogen) atoms. The van der Waals surface area contributed by atoms with Crippen molar-refractivity contribution in [2.75, 3.05) is 0 Å².